The molecule has 3 N–H and O–H groups in total. The number of nitrogens with zero attached hydrogens (tertiary/aromatic N) is 3. The summed E-state index contributed by atoms with van der Waals surface area (Å²) in [5.41, 5.74) is 1.27. The van der Waals surface area contributed by atoms with E-state index in [4.69, 9.17) is 21.3 Å². The van der Waals surface area contributed by atoms with E-state index in [1.54, 1.807) is 0 Å². The second kappa shape index (κ2) is 10.7. The zero-order valence-electron chi connectivity index (χ0n) is 20.4. The van der Waals surface area contributed by atoms with Gasteiger partial charge in [0.25, 0.3) is 5.91 Å². The van der Waals surface area contributed by atoms with E-state index in [2.05, 4.69) is 25.9 Å². The molecule has 8 nitrogen and oxygen atoms in total. The number of aryl methyl sites for hydroxylation is 1. The molecule has 1 aliphatic carbocycles. The first-order valence-electron chi connectivity index (χ1n) is 12.4. The number of pyridine rings is 1. The van der Waals surface area contributed by atoms with Crippen molar-refractivity contribution in [2.75, 3.05) is 30.4 Å². The summed E-state index contributed by atoms with van der Waals surface area (Å²) in [5, 5.41) is 10.6. The molecule has 1 amide bonds. The van der Waals surface area contributed by atoms with E-state index in [1.807, 2.05) is 31.2 Å². The van der Waals surface area contributed by atoms with E-state index < -0.39 is 17.4 Å². The number of anilines is 2. The van der Waals surface area contributed by atoms with Crippen LogP contribution in [0.2, 0.25) is 5.02 Å². The van der Waals surface area contributed by atoms with Crippen LogP contribution in [0.15, 0.2) is 36.7 Å². The van der Waals surface area contributed by atoms with Gasteiger partial charge in [-0.05, 0) is 56.2 Å². The van der Waals surface area contributed by atoms with Gasteiger partial charge in [-0.2, -0.15) is 8.78 Å². The van der Waals surface area contributed by atoms with Crippen LogP contribution in [0.4, 0.5) is 20.5 Å². The second-order valence-electron chi connectivity index (χ2n) is 9.79. The van der Waals surface area contributed by atoms with Crippen LogP contribution in [-0.2, 0) is 15.5 Å². The van der Waals surface area contributed by atoms with Crippen LogP contribution in [-0.4, -0.2) is 52.7 Å². The summed E-state index contributed by atoms with van der Waals surface area (Å²) in [4.78, 5) is 24.6. The fourth-order valence-electron chi connectivity index (χ4n) is 4.60. The van der Waals surface area contributed by atoms with Crippen molar-refractivity contribution in [2.45, 2.75) is 50.6 Å². The smallest absolute Gasteiger partial charge is 0.352 e. The zero-order chi connectivity index (χ0) is 26.0. The minimum absolute atomic E-state index is 0.244. The van der Waals surface area contributed by atoms with Crippen molar-refractivity contribution >= 4 is 40.2 Å². The van der Waals surface area contributed by atoms with E-state index in [1.165, 1.54) is 0 Å². The Kier molecular flexibility index (Phi) is 7.39. The topological polar surface area (TPSA) is 101 Å². The molecule has 1 aromatic carbocycles. The summed E-state index contributed by atoms with van der Waals surface area (Å²) < 4.78 is 33.7. The summed E-state index contributed by atoms with van der Waals surface area (Å²) in [5.74, 6) is -3.57. The van der Waals surface area contributed by atoms with Crippen molar-refractivity contribution < 1.29 is 18.3 Å². The maximum Gasteiger partial charge on any atom is 0.352 e. The Bertz CT molecular complexity index is 1260. The molecular formula is C26H29ClF2N6O2. The van der Waals surface area contributed by atoms with Crippen molar-refractivity contribution in [3.8, 4) is 0 Å². The van der Waals surface area contributed by atoms with Crippen molar-refractivity contribution in [1.29, 1.82) is 0 Å². The van der Waals surface area contributed by atoms with Crippen LogP contribution < -0.4 is 16.0 Å². The number of halogens is 3. The minimum atomic E-state index is -3.70. The standard InChI is InChI=1S/C26H29ClF2N6O2/c1-15-2-5-17-6-9-21(35-23(17)22(15)27)33-19-7-3-16(4-8-19)10-30-25-31-11-18(12-32-25)26(28,29)24(36)34-20-13-37-14-20/h2,5-6,9,11-12,16,19-20H,3-4,7-8,10,13-14H2,1H3,(H,33,35)(H,34,36)(H,30,31,32). The third-order valence-corrected chi connectivity index (χ3v) is 7.49. The van der Waals surface area contributed by atoms with Gasteiger partial charge in [0, 0.05) is 30.4 Å². The van der Waals surface area contributed by atoms with Gasteiger partial charge in [-0.25, -0.2) is 15.0 Å². The Morgan fingerprint density at radius 3 is 2.46 bits per heavy atom. The Morgan fingerprint density at radius 1 is 1.08 bits per heavy atom. The first kappa shape index (κ1) is 25.5. The first-order valence-corrected chi connectivity index (χ1v) is 12.8. The van der Waals surface area contributed by atoms with Gasteiger partial charge in [0.15, 0.2) is 0 Å². The minimum Gasteiger partial charge on any atom is -0.377 e. The van der Waals surface area contributed by atoms with Crippen molar-refractivity contribution in [3.63, 3.8) is 0 Å². The molecule has 5 rings (SSSR count). The third-order valence-electron chi connectivity index (χ3n) is 7.01. The lowest BCUT2D eigenvalue weighted by Gasteiger charge is -2.29. The number of benzene rings is 1. The van der Waals surface area contributed by atoms with Gasteiger partial charge < -0.3 is 20.7 Å². The molecule has 196 valence electrons. The molecule has 37 heavy (non-hydrogen) atoms. The van der Waals surface area contributed by atoms with E-state index in [-0.39, 0.29) is 25.2 Å². The normalized spacial score (nSPS) is 20.3. The van der Waals surface area contributed by atoms with Gasteiger partial charge in [0.2, 0.25) is 5.95 Å². The Hall–Kier alpha value is -3.11. The first-order chi connectivity index (χ1) is 17.8. The van der Waals surface area contributed by atoms with Gasteiger partial charge in [-0.1, -0.05) is 23.7 Å². The van der Waals surface area contributed by atoms with Crippen LogP contribution in [0.5, 0.6) is 0 Å². The number of carbonyl (C=O) groups is 1. The molecule has 2 fully saturated rings. The van der Waals surface area contributed by atoms with Gasteiger partial charge in [0.1, 0.15) is 5.82 Å². The number of rotatable bonds is 8. The van der Waals surface area contributed by atoms with Crippen molar-refractivity contribution in [3.05, 3.63) is 52.8 Å². The zero-order valence-corrected chi connectivity index (χ0v) is 21.2. The monoisotopic (exact) mass is 530 g/mol. The number of hydrogen-bond donors (Lipinski definition) is 3. The molecule has 0 bridgehead atoms. The number of alkyl halides is 2. The molecule has 0 spiro atoms. The molecule has 1 saturated heterocycles. The van der Waals surface area contributed by atoms with Crippen LogP contribution in [0, 0.1) is 12.8 Å². The molecule has 11 heteroatoms. The molecule has 2 aliphatic rings. The van der Waals surface area contributed by atoms with Gasteiger partial charge in [0.05, 0.1) is 35.4 Å². The molecular weight excluding hydrogens is 502 g/mol. The van der Waals surface area contributed by atoms with Crippen LogP contribution in [0.3, 0.4) is 0 Å². The average Bonchev–Trinajstić information content (AvgIpc) is 2.88. The number of ether oxygens (including phenoxy) is 1. The number of fused-ring (bicyclic) bond motifs is 1. The summed E-state index contributed by atoms with van der Waals surface area (Å²) in [7, 11) is 0. The SMILES string of the molecule is Cc1ccc2ccc(NC3CCC(CNc4ncc(C(F)(F)C(=O)NC5COC5)cn4)CC3)nc2c1Cl. The second-order valence-corrected chi connectivity index (χ2v) is 10.2. The summed E-state index contributed by atoms with van der Waals surface area (Å²) in [6.45, 7) is 3.11. The molecule has 0 atom stereocenters. The predicted molar refractivity (Wildman–Crippen MR) is 138 cm³/mol. The van der Waals surface area contributed by atoms with E-state index >= 15 is 0 Å². The molecule has 0 unspecified atom stereocenters. The number of amides is 1. The van der Waals surface area contributed by atoms with Gasteiger partial charge in [-0.3, -0.25) is 4.79 Å². The lowest BCUT2D eigenvalue weighted by atomic mass is 9.86. The molecule has 3 heterocycles. The third kappa shape index (κ3) is 5.75. The number of carbonyl (C=O) groups excluding carboxylic acids is 1. The molecule has 2 aromatic heterocycles. The molecule has 1 saturated carbocycles. The van der Waals surface area contributed by atoms with Crippen LogP contribution >= 0.6 is 11.6 Å². The number of nitrogens with one attached hydrogen (secondary N) is 3. The highest BCUT2D eigenvalue weighted by atomic mass is 35.5. The number of aromatic nitrogens is 3. The largest absolute Gasteiger partial charge is 0.377 e. The molecule has 1 aliphatic heterocycles. The van der Waals surface area contributed by atoms with Crippen molar-refractivity contribution in [1.82, 2.24) is 20.3 Å². The fraction of sp³-hybridized carbons (Fsp3) is 0.462. The average molecular weight is 531 g/mol. The van der Waals surface area contributed by atoms with Gasteiger partial charge in [-0.15, -0.1) is 0 Å². The van der Waals surface area contributed by atoms with Gasteiger partial charge >= 0.3 is 5.92 Å². The summed E-state index contributed by atoms with van der Waals surface area (Å²) in [6, 6.07) is 7.98. The predicted octanol–water partition coefficient (Wildman–Crippen LogP) is 4.68. The van der Waals surface area contributed by atoms with Crippen molar-refractivity contribution in [2.24, 2.45) is 5.92 Å². The summed E-state index contributed by atoms with van der Waals surface area (Å²) in [6.07, 6.45) is 5.97. The highest BCUT2D eigenvalue weighted by molar-refractivity contribution is 6.35. The Labute approximate surface area is 218 Å². The Morgan fingerprint density at radius 2 is 1.78 bits per heavy atom. The maximum absolute atomic E-state index is 14.4. The number of hydrogen-bond acceptors (Lipinski definition) is 7. The quantitative estimate of drug-likeness (QED) is 0.389. The highest BCUT2D eigenvalue weighted by Gasteiger charge is 2.43. The van der Waals surface area contributed by atoms with E-state index in [0.717, 1.165) is 60.4 Å². The lowest BCUT2D eigenvalue weighted by molar-refractivity contribution is -0.151. The van der Waals surface area contributed by atoms with Crippen LogP contribution in [0.1, 0.15) is 36.8 Å². The van der Waals surface area contributed by atoms with E-state index in [9.17, 15) is 13.6 Å². The lowest BCUT2D eigenvalue weighted by Crippen LogP contribution is -2.52. The van der Waals surface area contributed by atoms with Crippen LogP contribution in [0.25, 0.3) is 10.9 Å². The van der Waals surface area contributed by atoms with E-state index in [0.29, 0.717) is 23.5 Å². The summed E-state index contributed by atoms with van der Waals surface area (Å²) >= 11 is 6.45. The molecule has 3 aromatic rings. The molecule has 0 radical (unpaired) electrons. The maximum atomic E-state index is 14.4. The highest BCUT2D eigenvalue weighted by Crippen LogP contribution is 2.30. The Balaban J connectivity index is 1.09. The fourth-order valence-corrected chi connectivity index (χ4v) is 4.81.